The molecule has 3 N–H and O–H groups in total. The number of thioether (sulfide) groups is 1. The van der Waals surface area contributed by atoms with Crippen LogP contribution < -0.4 is 5.73 Å². The Morgan fingerprint density at radius 2 is 2.00 bits per heavy atom. The van der Waals surface area contributed by atoms with Crippen molar-refractivity contribution in [1.82, 2.24) is 19.9 Å². The summed E-state index contributed by atoms with van der Waals surface area (Å²) in [5.74, 6) is -0.244. The van der Waals surface area contributed by atoms with Gasteiger partial charge in [0.15, 0.2) is 16.0 Å². The first-order chi connectivity index (χ1) is 11.6. The first-order valence-corrected chi connectivity index (χ1v) is 8.91. The first-order valence-electron chi connectivity index (χ1n) is 6.86. The monoisotopic (exact) mass is 451 g/mol. The van der Waals surface area contributed by atoms with Crippen LogP contribution in [0.1, 0.15) is 23.6 Å². The van der Waals surface area contributed by atoms with Crippen LogP contribution in [-0.4, -0.2) is 19.9 Å². The highest BCUT2D eigenvalue weighted by atomic mass is 79.9. The molecule has 11 heteroatoms. The van der Waals surface area contributed by atoms with E-state index in [-0.39, 0.29) is 21.4 Å². The van der Waals surface area contributed by atoms with Crippen molar-refractivity contribution in [3.63, 3.8) is 0 Å². The maximum absolute atomic E-state index is 12.9. The van der Waals surface area contributed by atoms with Crippen molar-refractivity contribution in [3.8, 4) is 0 Å². The van der Waals surface area contributed by atoms with Crippen LogP contribution in [0.3, 0.4) is 0 Å². The number of pyridine rings is 1. The van der Waals surface area contributed by atoms with E-state index in [1.165, 1.54) is 0 Å². The summed E-state index contributed by atoms with van der Waals surface area (Å²) in [5.41, 5.74) is 5.64. The molecule has 0 radical (unpaired) electrons. The third-order valence-electron chi connectivity index (χ3n) is 3.31. The molecule has 0 saturated carbocycles. The summed E-state index contributed by atoms with van der Waals surface area (Å²) in [7, 11) is 0. The third-order valence-corrected chi connectivity index (χ3v) is 5.23. The van der Waals surface area contributed by atoms with Crippen LogP contribution in [0, 0.1) is 0 Å². The molecule has 25 heavy (non-hydrogen) atoms. The molecular formula is C14H10BrClF3N5S. The van der Waals surface area contributed by atoms with E-state index >= 15 is 0 Å². The molecule has 3 aromatic rings. The Kier molecular flexibility index (Phi) is 4.86. The normalized spacial score (nSPS) is 13.4. The van der Waals surface area contributed by atoms with E-state index in [0.717, 1.165) is 21.6 Å². The molecule has 3 heterocycles. The number of hydrogen-bond donors (Lipinski definition) is 2. The second-order valence-corrected chi connectivity index (χ2v) is 7.64. The lowest BCUT2D eigenvalue weighted by atomic mass is 10.2. The maximum atomic E-state index is 12.9. The molecule has 0 aliphatic carbocycles. The zero-order chi connectivity index (χ0) is 18.4. The van der Waals surface area contributed by atoms with Gasteiger partial charge in [-0.2, -0.15) is 13.2 Å². The lowest BCUT2D eigenvalue weighted by Gasteiger charge is -2.13. The van der Waals surface area contributed by atoms with Crippen LogP contribution in [0.2, 0.25) is 5.15 Å². The predicted molar refractivity (Wildman–Crippen MR) is 94.5 cm³/mol. The molecule has 1 atom stereocenters. The fourth-order valence-corrected chi connectivity index (χ4v) is 3.69. The Bertz CT molecular complexity index is 946. The van der Waals surface area contributed by atoms with Gasteiger partial charge in [-0.05, 0) is 28.9 Å². The fraction of sp³-hybridized carbons (Fsp3) is 0.214. The Morgan fingerprint density at radius 1 is 1.28 bits per heavy atom. The minimum atomic E-state index is -4.59. The second-order valence-electron chi connectivity index (χ2n) is 5.12. The number of aromatic amines is 1. The quantitative estimate of drug-likeness (QED) is 0.323. The molecule has 3 aromatic heterocycles. The van der Waals surface area contributed by atoms with Crippen LogP contribution in [0.25, 0.3) is 10.9 Å². The van der Waals surface area contributed by atoms with E-state index in [4.69, 9.17) is 17.3 Å². The number of anilines is 1. The number of nitrogen functional groups attached to an aromatic ring is 1. The van der Waals surface area contributed by atoms with Crippen LogP contribution in [0.4, 0.5) is 19.0 Å². The fourth-order valence-electron chi connectivity index (χ4n) is 2.14. The minimum absolute atomic E-state index is 0.0778. The summed E-state index contributed by atoms with van der Waals surface area (Å²) in [6, 6.07) is 2.50. The van der Waals surface area contributed by atoms with Crippen molar-refractivity contribution in [2.75, 3.05) is 5.73 Å². The summed E-state index contributed by atoms with van der Waals surface area (Å²) in [6.45, 7) is 1.77. The lowest BCUT2D eigenvalue weighted by Crippen LogP contribution is -2.11. The van der Waals surface area contributed by atoms with Gasteiger partial charge in [-0.1, -0.05) is 23.4 Å². The molecule has 0 aromatic carbocycles. The zero-order valence-corrected chi connectivity index (χ0v) is 15.7. The molecule has 0 aliphatic rings. The Labute approximate surface area is 157 Å². The van der Waals surface area contributed by atoms with Crippen LogP contribution >= 0.6 is 39.3 Å². The van der Waals surface area contributed by atoms with E-state index in [0.29, 0.717) is 17.3 Å². The topological polar surface area (TPSA) is 80.5 Å². The third kappa shape index (κ3) is 3.85. The summed E-state index contributed by atoms with van der Waals surface area (Å²) in [5, 5.41) is 0.680. The summed E-state index contributed by atoms with van der Waals surface area (Å²) >= 11 is 10.6. The Morgan fingerprint density at radius 3 is 2.68 bits per heavy atom. The highest BCUT2D eigenvalue weighted by molar-refractivity contribution is 9.10. The predicted octanol–water partition coefficient (Wildman–Crippen LogP) is 5.22. The summed E-state index contributed by atoms with van der Waals surface area (Å²) in [6.07, 6.45) is -2.86. The number of alkyl halides is 3. The largest absolute Gasteiger partial charge is 0.433 e. The molecular weight excluding hydrogens is 443 g/mol. The molecule has 0 fully saturated rings. The molecule has 1 unspecified atom stereocenters. The van der Waals surface area contributed by atoms with E-state index in [1.54, 1.807) is 19.2 Å². The number of H-pyrrole nitrogens is 1. The molecule has 0 saturated heterocycles. The lowest BCUT2D eigenvalue weighted by molar-refractivity contribution is -0.141. The van der Waals surface area contributed by atoms with Gasteiger partial charge >= 0.3 is 6.18 Å². The van der Waals surface area contributed by atoms with Crippen molar-refractivity contribution in [2.24, 2.45) is 0 Å². The van der Waals surface area contributed by atoms with E-state index in [2.05, 4.69) is 35.9 Å². The molecule has 0 aliphatic heterocycles. The van der Waals surface area contributed by atoms with Crippen LogP contribution in [-0.2, 0) is 6.18 Å². The number of aromatic nitrogens is 4. The average molecular weight is 453 g/mol. The Balaban J connectivity index is 1.94. The smallest absolute Gasteiger partial charge is 0.384 e. The van der Waals surface area contributed by atoms with E-state index in [9.17, 15) is 13.2 Å². The van der Waals surface area contributed by atoms with Gasteiger partial charge in [0.1, 0.15) is 5.82 Å². The molecule has 0 amide bonds. The van der Waals surface area contributed by atoms with Gasteiger partial charge in [-0.3, -0.25) is 0 Å². The molecule has 0 bridgehead atoms. The number of halogens is 5. The van der Waals surface area contributed by atoms with Gasteiger partial charge in [0.25, 0.3) is 0 Å². The molecule has 3 rings (SSSR count). The van der Waals surface area contributed by atoms with Crippen molar-refractivity contribution < 1.29 is 13.2 Å². The number of rotatable bonds is 3. The van der Waals surface area contributed by atoms with E-state index in [1.807, 2.05) is 0 Å². The Hall–Kier alpha value is -1.52. The van der Waals surface area contributed by atoms with Crippen molar-refractivity contribution in [1.29, 1.82) is 0 Å². The number of nitrogens with zero attached hydrogens (tertiary/aromatic N) is 3. The highest BCUT2D eigenvalue weighted by Crippen LogP contribution is 2.37. The average Bonchev–Trinajstić information content (AvgIpc) is 2.88. The molecule has 132 valence electrons. The minimum Gasteiger partial charge on any atom is -0.384 e. The van der Waals surface area contributed by atoms with Gasteiger partial charge in [0, 0.05) is 22.1 Å². The van der Waals surface area contributed by atoms with Gasteiger partial charge in [-0.15, -0.1) is 0 Å². The second kappa shape index (κ2) is 6.65. The molecule has 5 nitrogen and oxygen atoms in total. The van der Waals surface area contributed by atoms with Crippen LogP contribution in [0.5, 0.6) is 0 Å². The molecule has 0 spiro atoms. The summed E-state index contributed by atoms with van der Waals surface area (Å²) < 4.78 is 39.4. The number of fused-ring (bicyclic) bond motifs is 1. The van der Waals surface area contributed by atoms with Gasteiger partial charge in [0.05, 0.1) is 16.5 Å². The summed E-state index contributed by atoms with van der Waals surface area (Å²) in [4.78, 5) is 14.7. The van der Waals surface area contributed by atoms with Crippen molar-refractivity contribution >= 4 is 56.0 Å². The van der Waals surface area contributed by atoms with Gasteiger partial charge in [-0.25, -0.2) is 15.0 Å². The highest BCUT2D eigenvalue weighted by Gasteiger charge is 2.33. The van der Waals surface area contributed by atoms with Crippen molar-refractivity contribution in [3.05, 3.63) is 39.3 Å². The van der Waals surface area contributed by atoms with Crippen molar-refractivity contribution in [2.45, 2.75) is 23.5 Å². The zero-order valence-electron chi connectivity index (χ0n) is 12.5. The standard InChI is InChI=1S/C14H10BrClF3N5S/c1-5(8-2-6-7(15)4-21-11(6)12(16)22-8)25-13-23-9(14(17,18)19)3-10(20)24-13/h2-5,21H,1H3,(H2,20,23,24). The SMILES string of the molecule is CC(Sc1nc(N)cc(C(F)(F)F)n1)c1cc2c(Br)c[nH]c2c(Cl)n1. The number of nitrogens with two attached hydrogens (primary N) is 1. The van der Waals surface area contributed by atoms with Gasteiger partial charge < -0.3 is 10.7 Å². The van der Waals surface area contributed by atoms with E-state index < -0.39 is 11.9 Å². The number of hydrogen-bond acceptors (Lipinski definition) is 5. The maximum Gasteiger partial charge on any atom is 0.433 e. The first kappa shape index (κ1) is 18.3. The van der Waals surface area contributed by atoms with Crippen LogP contribution in [0.15, 0.2) is 28.0 Å². The van der Waals surface area contributed by atoms with Gasteiger partial charge in [0.2, 0.25) is 0 Å². The number of nitrogens with one attached hydrogen (secondary N) is 1.